The van der Waals surface area contributed by atoms with Gasteiger partial charge in [0.25, 0.3) is 0 Å². The number of hydrogen-bond donors (Lipinski definition) is 1. The molecule has 4 heteroatoms. The smallest absolute Gasteiger partial charge is 0.0382 e. The van der Waals surface area contributed by atoms with Crippen molar-refractivity contribution in [1.82, 2.24) is 10.2 Å². The van der Waals surface area contributed by atoms with Crippen LogP contribution in [0.2, 0.25) is 0 Å². The molecule has 1 aliphatic carbocycles. The van der Waals surface area contributed by atoms with Crippen LogP contribution in [0.15, 0.2) is 0 Å². The molecule has 1 aliphatic heterocycles. The molecular weight excluding hydrogens is 327 g/mol. The molecule has 132 valence electrons. The zero-order valence-corrected chi connectivity index (χ0v) is 16.8. The first-order valence-corrected chi connectivity index (χ1v) is 8.54. The fraction of sp³-hybridized carbons (Fsp3) is 0.684. The minimum atomic E-state index is 0. The van der Waals surface area contributed by atoms with Crippen LogP contribution in [0.1, 0.15) is 52.3 Å². The minimum Gasteiger partial charge on any atom is -0.314 e. The first-order valence-electron chi connectivity index (χ1n) is 8.54. The molecule has 1 heterocycles. The average molecular weight is 359 g/mol. The maximum Gasteiger partial charge on any atom is 0.0382 e. The number of nitrogens with zero attached hydrogens (tertiary/aromatic N) is 1. The van der Waals surface area contributed by atoms with Crippen LogP contribution < -0.4 is 5.32 Å². The molecule has 1 aromatic carbocycles. The summed E-state index contributed by atoms with van der Waals surface area (Å²) in [6.07, 6.45) is 2.83. The lowest BCUT2D eigenvalue weighted by atomic mass is 9.84. The zero-order valence-electron chi connectivity index (χ0n) is 15.2. The molecule has 0 radical (unpaired) electrons. The van der Waals surface area contributed by atoms with Crippen molar-refractivity contribution in [3.05, 3.63) is 33.4 Å². The second-order valence-electron chi connectivity index (χ2n) is 7.11. The molecule has 0 aromatic heterocycles. The van der Waals surface area contributed by atoms with Crippen molar-refractivity contribution in [3.8, 4) is 0 Å². The Hall–Kier alpha value is -0.280. The summed E-state index contributed by atoms with van der Waals surface area (Å²) in [5.74, 6) is 0.891. The molecule has 2 nitrogen and oxygen atoms in total. The largest absolute Gasteiger partial charge is 0.314 e. The van der Waals surface area contributed by atoms with Crippen molar-refractivity contribution in [2.45, 2.75) is 53.5 Å². The van der Waals surface area contributed by atoms with Crippen LogP contribution in [-0.2, 0) is 0 Å². The highest BCUT2D eigenvalue weighted by atomic mass is 35.5. The Labute approximate surface area is 154 Å². The van der Waals surface area contributed by atoms with Crippen molar-refractivity contribution in [2.24, 2.45) is 5.92 Å². The van der Waals surface area contributed by atoms with Crippen molar-refractivity contribution < 1.29 is 0 Å². The van der Waals surface area contributed by atoms with Crippen molar-refractivity contribution in [2.75, 3.05) is 26.2 Å². The number of hydrogen-bond acceptors (Lipinski definition) is 2. The summed E-state index contributed by atoms with van der Waals surface area (Å²) in [5, 5.41) is 3.50. The molecule has 2 aliphatic rings. The van der Waals surface area contributed by atoms with Crippen LogP contribution in [0.25, 0.3) is 0 Å². The molecule has 2 fully saturated rings. The molecule has 23 heavy (non-hydrogen) atoms. The standard InChI is InChI=1S/C19H30N2.2ClH/c1-12-13(2)15(4)18(16(5)14(12)3)19(17-6-7-17)21-10-8-20-9-11-21;;/h17,19-20H,6-11H2,1-5H3;2*1H/t19-;;/m1../s1. The molecule has 1 aromatic rings. The first-order chi connectivity index (χ1) is 10.0. The summed E-state index contributed by atoms with van der Waals surface area (Å²) in [5.41, 5.74) is 9.25. The molecule has 0 spiro atoms. The van der Waals surface area contributed by atoms with Gasteiger partial charge in [-0.25, -0.2) is 0 Å². The van der Waals surface area contributed by atoms with E-state index in [9.17, 15) is 0 Å². The van der Waals surface area contributed by atoms with E-state index >= 15 is 0 Å². The van der Waals surface area contributed by atoms with E-state index in [2.05, 4.69) is 44.8 Å². The second kappa shape index (κ2) is 8.20. The first kappa shape index (κ1) is 20.8. The molecule has 1 saturated heterocycles. The number of rotatable bonds is 3. The fourth-order valence-electron chi connectivity index (χ4n) is 4.06. The van der Waals surface area contributed by atoms with E-state index in [1.807, 2.05) is 0 Å². The van der Waals surface area contributed by atoms with E-state index < -0.39 is 0 Å². The second-order valence-corrected chi connectivity index (χ2v) is 7.11. The SMILES string of the molecule is Cc1c(C)c(C)c([C@@H](C2CC2)N2CCNCC2)c(C)c1C.Cl.Cl. The van der Waals surface area contributed by atoms with Gasteiger partial charge < -0.3 is 5.32 Å². The monoisotopic (exact) mass is 358 g/mol. The molecule has 0 unspecified atom stereocenters. The number of benzene rings is 1. The summed E-state index contributed by atoms with van der Waals surface area (Å²) in [6, 6.07) is 0.657. The summed E-state index contributed by atoms with van der Waals surface area (Å²) in [6.45, 7) is 16.3. The number of piperazine rings is 1. The van der Waals surface area contributed by atoms with Gasteiger partial charge in [-0.3, -0.25) is 4.90 Å². The Balaban J connectivity index is 0.00000132. The molecule has 0 bridgehead atoms. The van der Waals surface area contributed by atoms with Crippen LogP contribution in [0.4, 0.5) is 0 Å². The third-order valence-corrected chi connectivity index (χ3v) is 5.97. The normalized spacial score (nSPS) is 19.7. The van der Waals surface area contributed by atoms with Gasteiger partial charge in [0.2, 0.25) is 0 Å². The van der Waals surface area contributed by atoms with E-state index in [-0.39, 0.29) is 24.8 Å². The van der Waals surface area contributed by atoms with Gasteiger partial charge in [-0.1, -0.05) is 0 Å². The summed E-state index contributed by atoms with van der Waals surface area (Å²) in [7, 11) is 0. The Morgan fingerprint density at radius 2 is 1.22 bits per heavy atom. The van der Waals surface area contributed by atoms with E-state index in [0.717, 1.165) is 19.0 Å². The molecular formula is C19H32Cl2N2. The van der Waals surface area contributed by atoms with E-state index in [1.165, 1.54) is 42.6 Å². The van der Waals surface area contributed by atoms with Gasteiger partial charge in [0, 0.05) is 32.2 Å². The Morgan fingerprint density at radius 1 is 0.783 bits per heavy atom. The quantitative estimate of drug-likeness (QED) is 0.859. The lowest BCUT2D eigenvalue weighted by Gasteiger charge is -2.38. The predicted molar refractivity (Wildman–Crippen MR) is 105 cm³/mol. The maximum absolute atomic E-state index is 3.50. The topological polar surface area (TPSA) is 15.3 Å². The van der Waals surface area contributed by atoms with Gasteiger partial charge in [-0.05, 0) is 86.8 Å². The minimum absolute atomic E-state index is 0. The van der Waals surface area contributed by atoms with Gasteiger partial charge in [0.05, 0.1) is 0 Å². The molecule has 1 saturated carbocycles. The Kier molecular flexibility index (Phi) is 7.40. The maximum atomic E-state index is 3.50. The van der Waals surface area contributed by atoms with Crippen LogP contribution in [-0.4, -0.2) is 31.1 Å². The molecule has 0 amide bonds. The number of nitrogens with one attached hydrogen (secondary N) is 1. The van der Waals surface area contributed by atoms with Crippen LogP contribution >= 0.6 is 24.8 Å². The van der Waals surface area contributed by atoms with Crippen LogP contribution in [0.3, 0.4) is 0 Å². The molecule has 3 rings (SSSR count). The van der Waals surface area contributed by atoms with Gasteiger partial charge in [0.1, 0.15) is 0 Å². The highest BCUT2D eigenvalue weighted by Gasteiger charge is 2.38. The molecule has 1 atom stereocenters. The van der Waals surface area contributed by atoms with E-state index in [0.29, 0.717) is 6.04 Å². The van der Waals surface area contributed by atoms with Gasteiger partial charge in [-0.15, -0.1) is 24.8 Å². The van der Waals surface area contributed by atoms with Gasteiger partial charge >= 0.3 is 0 Å². The zero-order chi connectivity index (χ0) is 15.1. The highest BCUT2D eigenvalue weighted by molar-refractivity contribution is 5.85. The van der Waals surface area contributed by atoms with Crippen molar-refractivity contribution in [3.63, 3.8) is 0 Å². The van der Waals surface area contributed by atoms with Crippen molar-refractivity contribution in [1.29, 1.82) is 0 Å². The molecule has 1 N–H and O–H groups in total. The third-order valence-electron chi connectivity index (χ3n) is 5.97. The summed E-state index contributed by atoms with van der Waals surface area (Å²) >= 11 is 0. The Morgan fingerprint density at radius 3 is 1.65 bits per heavy atom. The van der Waals surface area contributed by atoms with Crippen molar-refractivity contribution >= 4 is 24.8 Å². The van der Waals surface area contributed by atoms with Gasteiger partial charge in [0.15, 0.2) is 0 Å². The summed E-state index contributed by atoms with van der Waals surface area (Å²) < 4.78 is 0. The number of halogens is 2. The Bertz CT molecular complexity index is 518. The lowest BCUT2D eigenvalue weighted by Crippen LogP contribution is -2.46. The van der Waals surface area contributed by atoms with Crippen LogP contribution in [0.5, 0.6) is 0 Å². The third kappa shape index (κ3) is 3.87. The van der Waals surface area contributed by atoms with Crippen LogP contribution in [0, 0.1) is 40.5 Å². The highest BCUT2D eigenvalue weighted by Crippen LogP contribution is 2.47. The average Bonchev–Trinajstić information content (AvgIpc) is 3.33. The predicted octanol–water partition coefficient (Wildman–Crippen LogP) is 4.43. The summed E-state index contributed by atoms with van der Waals surface area (Å²) in [4.78, 5) is 2.75. The van der Waals surface area contributed by atoms with E-state index in [1.54, 1.807) is 16.7 Å². The fourth-order valence-corrected chi connectivity index (χ4v) is 4.06. The van der Waals surface area contributed by atoms with Gasteiger partial charge in [-0.2, -0.15) is 0 Å². The lowest BCUT2D eigenvalue weighted by molar-refractivity contribution is 0.155. The van der Waals surface area contributed by atoms with E-state index in [4.69, 9.17) is 0 Å².